The molecule has 0 radical (unpaired) electrons. The van der Waals surface area contributed by atoms with Crippen LogP contribution in [0, 0.1) is 17.8 Å². The van der Waals surface area contributed by atoms with Crippen LogP contribution in [0.5, 0.6) is 0 Å². The first-order valence-electron chi connectivity index (χ1n) is 8.47. The van der Waals surface area contributed by atoms with E-state index in [0.29, 0.717) is 11.8 Å². The highest BCUT2D eigenvalue weighted by Crippen LogP contribution is 2.49. The highest BCUT2D eigenvalue weighted by molar-refractivity contribution is 7.98. The predicted octanol–water partition coefficient (Wildman–Crippen LogP) is 2.11. The Morgan fingerprint density at radius 1 is 1.38 bits per heavy atom. The Hall–Kier alpha value is -1.53. The third-order valence-electron chi connectivity index (χ3n) is 5.47. The summed E-state index contributed by atoms with van der Waals surface area (Å²) in [6.45, 7) is 6.06. The average molecular weight is 344 g/mol. The van der Waals surface area contributed by atoms with Crippen molar-refractivity contribution in [1.29, 1.82) is 0 Å². The van der Waals surface area contributed by atoms with Crippen molar-refractivity contribution in [1.82, 2.24) is 20.4 Å². The largest absolute Gasteiger partial charge is 0.345 e. The van der Waals surface area contributed by atoms with Gasteiger partial charge in [-0.3, -0.25) is 9.48 Å². The number of carbonyl (C=O) groups excluding carboxylic acids is 1. The maximum Gasteiger partial charge on any atom is 0.224 e. The Bertz CT molecular complexity index is 803. The van der Waals surface area contributed by atoms with Gasteiger partial charge in [-0.1, -0.05) is 12.1 Å². The minimum atomic E-state index is -0.488. The van der Waals surface area contributed by atoms with Gasteiger partial charge in [-0.25, -0.2) is 0 Å². The van der Waals surface area contributed by atoms with Crippen molar-refractivity contribution in [2.24, 2.45) is 24.8 Å². The SMILES string of the molecule is CSc1cccc2c(C(C)(C)NC(=O)[C@H]3[C@@H]4CNC[C@@H]43)nn(C)c12. The number of para-hydroxylation sites is 1. The molecular weight excluding hydrogens is 320 g/mol. The molecule has 3 atom stereocenters. The molecule has 6 heteroatoms. The molecular formula is C18H24N4OS. The lowest BCUT2D eigenvalue weighted by Gasteiger charge is -2.25. The Morgan fingerprint density at radius 2 is 2.08 bits per heavy atom. The number of carbonyl (C=O) groups is 1. The molecule has 128 valence electrons. The van der Waals surface area contributed by atoms with Crippen LogP contribution in [0.25, 0.3) is 10.9 Å². The highest BCUT2D eigenvalue weighted by Gasteiger charge is 2.57. The maximum atomic E-state index is 12.7. The molecule has 1 aromatic heterocycles. The molecule has 1 saturated heterocycles. The van der Waals surface area contributed by atoms with E-state index in [1.54, 1.807) is 11.8 Å². The van der Waals surface area contributed by atoms with E-state index in [9.17, 15) is 4.79 Å². The van der Waals surface area contributed by atoms with Crippen LogP contribution < -0.4 is 10.6 Å². The first-order valence-corrected chi connectivity index (χ1v) is 9.69. The number of hydrogen-bond donors (Lipinski definition) is 2. The fourth-order valence-corrected chi connectivity index (χ4v) is 4.84. The normalized spacial score (nSPS) is 25.8. The highest BCUT2D eigenvalue weighted by atomic mass is 32.2. The van der Waals surface area contributed by atoms with Crippen molar-refractivity contribution < 1.29 is 4.79 Å². The molecule has 2 heterocycles. The number of hydrogen-bond acceptors (Lipinski definition) is 4. The lowest BCUT2D eigenvalue weighted by atomic mass is 9.96. The van der Waals surface area contributed by atoms with Crippen molar-refractivity contribution in [2.45, 2.75) is 24.3 Å². The van der Waals surface area contributed by atoms with Gasteiger partial charge in [0, 0.05) is 23.2 Å². The topological polar surface area (TPSA) is 59.0 Å². The molecule has 1 amide bonds. The van der Waals surface area contributed by atoms with Crippen LogP contribution in [0.4, 0.5) is 0 Å². The molecule has 5 nitrogen and oxygen atoms in total. The van der Waals surface area contributed by atoms with E-state index in [2.05, 4.69) is 48.9 Å². The minimum absolute atomic E-state index is 0.177. The van der Waals surface area contributed by atoms with Gasteiger partial charge in [0.2, 0.25) is 5.91 Å². The van der Waals surface area contributed by atoms with Gasteiger partial charge in [0.1, 0.15) is 0 Å². The number of benzene rings is 1. The number of nitrogens with one attached hydrogen (secondary N) is 2. The van der Waals surface area contributed by atoms with E-state index < -0.39 is 5.54 Å². The number of amides is 1. The zero-order chi connectivity index (χ0) is 17.1. The standard InChI is InChI=1S/C18H24N4OS/c1-18(2,20-17(23)14-11-8-19-9-12(11)14)16-10-6-5-7-13(24-4)15(10)22(3)21-16/h5-7,11-12,14,19H,8-9H2,1-4H3,(H,20,23)/t11-,12+,14+. The fraction of sp³-hybridized carbons (Fsp3) is 0.556. The number of rotatable bonds is 4. The quantitative estimate of drug-likeness (QED) is 0.834. The second-order valence-electron chi connectivity index (χ2n) is 7.45. The van der Waals surface area contributed by atoms with Gasteiger partial charge in [-0.15, -0.1) is 11.8 Å². The van der Waals surface area contributed by atoms with Crippen LogP contribution in [-0.2, 0) is 17.4 Å². The molecule has 1 aliphatic heterocycles. The maximum absolute atomic E-state index is 12.7. The summed E-state index contributed by atoms with van der Waals surface area (Å²) in [5.41, 5.74) is 1.58. The number of piperidine rings is 1. The Morgan fingerprint density at radius 3 is 2.75 bits per heavy atom. The Balaban J connectivity index is 1.64. The van der Waals surface area contributed by atoms with Gasteiger partial charge in [0.25, 0.3) is 0 Å². The van der Waals surface area contributed by atoms with Crippen LogP contribution in [0.2, 0.25) is 0 Å². The Labute approximate surface area is 146 Å². The van der Waals surface area contributed by atoms with Crippen molar-refractivity contribution in [3.63, 3.8) is 0 Å². The lowest BCUT2D eigenvalue weighted by Crippen LogP contribution is -2.43. The molecule has 2 aromatic rings. The molecule has 0 spiro atoms. The molecule has 1 saturated carbocycles. The second kappa shape index (κ2) is 5.49. The fourth-order valence-electron chi connectivity index (χ4n) is 4.19. The monoisotopic (exact) mass is 344 g/mol. The summed E-state index contributed by atoms with van der Waals surface area (Å²) >= 11 is 1.72. The van der Waals surface area contributed by atoms with Crippen LogP contribution in [0.1, 0.15) is 19.5 Å². The molecule has 2 N–H and O–H groups in total. The summed E-state index contributed by atoms with van der Waals surface area (Å²) in [5, 5.41) is 12.5. The molecule has 1 aliphatic carbocycles. The van der Waals surface area contributed by atoms with Gasteiger partial charge >= 0.3 is 0 Å². The zero-order valence-electron chi connectivity index (χ0n) is 14.6. The number of aryl methyl sites for hydroxylation is 1. The first-order chi connectivity index (χ1) is 11.4. The average Bonchev–Trinajstić information content (AvgIpc) is 2.88. The summed E-state index contributed by atoms with van der Waals surface area (Å²) in [7, 11) is 1.97. The van der Waals surface area contributed by atoms with Crippen LogP contribution >= 0.6 is 11.8 Å². The van der Waals surface area contributed by atoms with E-state index >= 15 is 0 Å². The second-order valence-corrected chi connectivity index (χ2v) is 8.30. The van der Waals surface area contributed by atoms with Crippen molar-refractivity contribution in [3.8, 4) is 0 Å². The van der Waals surface area contributed by atoms with Gasteiger partial charge < -0.3 is 10.6 Å². The third-order valence-corrected chi connectivity index (χ3v) is 6.24. The molecule has 24 heavy (non-hydrogen) atoms. The van der Waals surface area contributed by atoms with Crippen LogP contribution in [0.3, 0.4) is 0 Å². The molecule has 1 aromatic carbocycles. The van der Waals surface area contributed by atoms with Gasteiger partial charge in [0.05, 0.1) is 16.7 Å². The van der Waals surface area contributed by atoms with E-state index in [1.807, 2.05) is 11.7 Å². The predicted molar refractivity (Wildman–Crippen MR) is 97.0 cm³/mol. The molecule has 0 unspecified atom stereocenters. The summed E-state index contributed by atoms with van der Waals surface area (Å²) < 4.78 is 1.93. The third kappa shape index (κ3) is 2.35. The Kier molecular flexibility index (Phi) is 3.65. The smallest absolute Gasteiger partial charge is 0.224 e. The van der Waals surface area contributed by atoms with Crippen LogP contribution in [0.15, 0.2) is 23.1 Å². The first kappa shape index (κ1) is 16.0. The summed E-state index contributed by atoms with van der Waals surface area (Å²) in [6.07, 6.45) is 2.08. The summed E-state index contributed by atoms with van der Waals surface area (Å²) in [4.78, 5) is 13.9. The lowest BCUT2D eigenvalue weighted by molar-refractivity contribution is -0.124. The number of aromatic nitrogens is 2. The van der Waals surface area contributed by atoms with Crippen molar-refractivity contribution in [3.05, 3.63) is 23.9 Å². The molecule has 2 fully saturated rings. The number of fused-ring (bicyclic) bond motifs is 2. The summed E-state index contributed by atoms with van der Waals surface area (Å²) in [5.74, 6) is 1.42. The number of nitrogens with zero attached hydrogens (tertiary/aromatic N) is 2. The van der Waals surface area contributed by atoms with E-state index in [0.717, 1.165) is 29.7 Å². The molecule has 4 rings (SSSR count). The van der Waals surface area contributed by atoms with Crippen LogP contribution in [-0.4, -0.2) is 35.0 Å². The van der Waals surface area contributed by atoms with E-state index in [4.69, 9.17) is 5.10 Å². The van der Waals surface area contributed by atoms with Gasteiger partial charge in [0.15, 0.2) is 0 Å². The van der Waals surface area contributed by atoms with E-state index in [1.165, 1.54) is 4.90 Å². The zero-order valence-corrected chi connectivity index (χ0v) is 15.4. The van der Waals surface area contributed by atoms with E-state index in [-0.39, 0.29) is 11.8 Å². The minimum Gasteiger partial charge on any atom is -0.345 e. The van der Waals surface area contributed by atoms with Crippen molar-refractivity contribution >= 4 is 28.6 Å². The number of thioether (sulfide) groups is 1. The molecule has 2 aliphatic rings. The van der Waals surface area contributed by atoms with Gasteiger partial charge in [-0.2, -0.15) is 5.10 Å². The van der Waals surface area contributed by atoms with Crippen molar-refractivity contribution in [2.75, 3.05) is 19.3 Å². The molecule has 0 bridgehead atoms. The summed E-state index contributed by atoms with van der Waals surface area (Å²) in [6, 6.07) is 6.28. The van der Waals surface area contributed by atoms with Gasteiger partial charge in [-0.05, 0) is 51.1 Å².